The maximum absolute atomic E-state index is 14.2. The first-order valence-electron chi connectivity index (χ1n) is 44.9. The molecule has 698 valence electrons. The minimum Gasteiger partial charge on any atom is -0.493 e. The number of aryl methyl sites for hydroxylation is 1. The molecule has 0 unspecified atom stereocenters. The molecular formula is C96H120ClF8N13O10S. The van der Waals surface area contributed by atoms with Crippen LogP contribution in [-0.4, -0.2) is 239 Å². The largest absolute Gasteiger partial charge is 0.493 e. The third-order valence-electron chi connectivity index (χ3n) is 28.6. The van der Waals surface area contributed by atoms with Gasteiger partial charge < -0.3 is 47.3 Å². The number of hydrogen-bond donors (Lipinski definition) is 1. The van der Waals surface area contributed by atoms with Crippen LogP contribution in [0.5, 0.6) is 11.5 Å². The van der Waals surface area contributed by atoms with Crippen molar-refractivity contribution in [1.82, 2.24) is 62.2 Å². The minimum atomic E-state index is -5.70. The average Bonchev–Trinajstić information content (AvgIpc) is 1.55. The number of sulfonamides is 1. The molecular weight excluding hydrogens is 1710 g/mol. The summed E-state index contributed by atoms with van der Waals surface area (Å²) in [7, 11) is 6.10. The van der Waals surface area contributed by atoms with Gasteiger partial charge >= 0.3 is 18.3 Å². The Morgan fingerprint density at radius 3 is 1.26 bits per heavy atom. The predicted octanol–water partition coefficient (Wildman–Crippen LogP) is 16.5. The number of amides is 4. The first kappa shape index (κ1) is 95.4. The zero-order chi connectivity index (χ0) is 92.8. The highest BCUT2D eigenvalue weighted by Gasteiger charge is 2.62. The molecule has 5 fully saturated rings. The minimum absolute atomic E-state index is 0. The van der Waals surface area contributed by atoms with Crippen LogP contribution in [0.2, 0.25) is 5.15 Å². The lowest BCUT2D eigenvalue weighted by atomic mass is 9.81. The first-order chi connectivity index (χ1) is 61.2. The van der Waals surface area contributed by atoms with E-state index in [2.05, 4.69) is 94.6 Å². The van der Waals surface area contributed by atoms with Gasteiger partial charge in [0.1, 0.15) is 5.15 Å². The van der Waals surface area contributed by atoms with Gasteiger partial charge in [-0.15, -0.1) is 0 Å². The summed E-state index contributed by atoms with van der Waals surface area (Å²) < 4.78 is 153. The molecule has 4 amide bonds. The van der Waals surface area contributed by atoms with Gasteiger partial charge in [0, 0.05) is 164 Å². The zero-order valence-corrected chi connectivity index (χ0v) is 76.8. The Kier molecular flexibility index (Phi) is 28.0. The van der Waals surface area contributed by atoms with Gasteiger partial charge in [0.25, 0.3) is 29.4 Å². The van der Waals surface area contributed by atoms with Gasteiger partial charge in [-0.05, 0) is 244 Å². The van der Waals surface area contributed by atoms with Gasteiger partial charge in [-0.2, -0.15) is 35.1 Å². The van der Waals surface area contributed by atoms with E-state index < -0.39 is 50.9 Å². The highest BCUT2D eigenvalue weighted by atomic mass is 35.5. The quantitative estimate of drug-likeness (QED) is 0.0664. The highest BCUT2D eigenvalue weighted by molar-refractivity contribution is 7.89. The molecule has 1 N–H and O–H groups in total. The summed E-state index contributed by atoms with van der Waals surface area (Å²) in [6.07, 6.45) is -0.346. The SMILES string of the molecule is CC(C)c1ccc(C(=O)N2CCC3(CC2)c2ccc(C(=O)C(F)(F)F)n2CCN3C)cc1.CCCc1ccc(C(=O)N2CCC3(CC2)c2ccc(C(C)=O)n2CCN3C)cc1.CC[C@H](C)Oc1ccc(C(=O)N2CCC3(CC2)c2ccc(Cl)n2CCN3C)cc1OC.CN1CCn2c(ccc2C(F)(F)C(F)(F)F)C12CCN(C(=O)c1ccc(S(=O)(=O)NC3CC3)cc1)CC2.[HH]. The fraction of sp³-hybridized carbons (Fsp3) is 0.521. The standard InChI is InChI=1S/C24H32ClN3O3.C24H27F5N4O3S.C24H28F3N3O2.C24H31N3O2.H2/c1-5-17(2)31-19-7-6-18(16-20(19)30-4)23(29)27-12-10-24(11-13-27)21-8-9-22(25)28(21)15-14-26(24)3;1-31-14-15-33-19(8-9-20(33)23(25,26)24(27,28)29)22(31)10-12-32(13-11-22)21(34)16-2-6-18(7-3-16)37(35,36)30-17-4-5-17;1-16(2)17-4-6-18(7-5-17)22(32)29-12-10-23(11-13-29)20-9-8-19(21(31)24(25,26)27)30(20)15-14-28(23)3;1-4-5-19-6-8-20(9-7-19)23(29)26-14-12-24(13-15-26)22-11-10-21(18(2)28)27(22)17-16-25(24)3;/h6-9,16-17H,5,10-15H2,1-4H3;2-3,6-9,17,30H,4-5,10-15H2,1H3;4-9,16H,10-15H2,1-3H3;6-11H,4-5,12-17H2,1-3H3;1H/t17-;;;;/m0..../s1. The molecule has 4 aromatic carbocycles. The number of nitrogens with one attached hydrogen (secondary N) is 1. The molecule has 4 aromatic heterocycles. The van der Waals surface area contributed by atoms with Gasteiger partial charge in [-0.25, -0.2) is 13.1 Å². The van der Waals surface area contributed by atoms with E-state index >= 15 is 0 Å². The Morgan fingerprint density at radius 2 is 0.853 bits per heavy atom. The molecule has 129 heavy (non-hydrogen) atoms. The molecule has 8 aliphatic heterocycles. The normalized spacial score (nSPS) is 19.4. The van der Waals surface area contributed by atoms with Gasteiger partial charge in [0.2, 0.25) is 10.0 Å². The number of carbonyl (C=O) groups is 6. The van der Waals surface area contributed by atoms with Crippen LogP contribution in [0.25, 0.3) is 0 Å². The van der Waals surface area contributed by atoms with Crippen LogP contribution in [0.3, 0.4) is 0 Å². The van der Waals surface area contributed by atoms with Gasteiger partial charge in [-0.1, -0.05) is 70.0 Å². The first-order valence-corrected chi connectivity index (χ1v) is 46.7. The Labute approximate surface area is 756 Å². The predicted molar refractivity (Wildman–Crippen MR) is 477 cm³/mol. The van der Waals surface area contributed by atoms with E-state index in [0.717, 1.165) is 130 Å². The maximum atomic E-state index is 14.2. The number of halogens is 9. The van der Waals surface area contributed by atoms with Crippen LogP contribution in [0, 0.1) is 0 Å². The number of likely N-dealkylation sites (N-methyl/N-ethyl adjacent to an activating group) is 4. The fourth-order valence-corrected chi connectivity index (χ4v) is 21.9. The van der Waals surface area contributed by atoms with E-state index in [0.29, 0.717) is 111 Å². The number of rotatable bonds is 17. The van der Waals surface area contributed by atoms with Crippen molar-refractivity contribution in [3.63, 3.8) is 0 Å². The molecule has 12 heterocycles. The molecule has 4 spiro atoms. The average molecular weight is 1840 g/mol. The number of carbonyl (C=O) groups excluding carboxylic acids is 6. The number of nitrogens with zero attached hydrogens (tertiary/aromatic N) is 12. The van der Waals surface area contributed by atoms with Crippen molar-refractivity contribution in [2.45, 2.75) is 215 Å². The van der Waals surface area contributed by atoms with Crippen LogP contribution < -0.4 is 14.2 Å². The summed E-state index contributed by atoms with van der Waals surface area (Å²) in [6, 6.07) is 40.2. The van der Waals surface area contributed by atoms with E-state index in [1.165, 1.54) is 63.5 Å². The summed E-state index contributed by atoms with van der Waals surface area (Å²) in [5, 5.41) is 0.799. The third kappa shape index (κ3) is 18.9. The molecule has 1 saturated carbocycles. The molecule has 1 atom stereocenters. The highest BCUT2D eigenvalue weighted by Crippen LogP contribution is 2.51. The topological polar surface area (TPSA) is 213 Å². The third-order valence-corrected chi connectivity index (χ3v) is 30.4. The molecule has 0 bridgehead atoms. The Balaban J connectivity index is 0.000000148. The number of ether oxygens (including phenoxy) is 2. The zero-order valence-electron chi connectivity index (χ0n) is 75.3. The van der Waals surface area contributed by atoms with Crippen molar-refractivity contribution in [2.75, 3.05) is 114 Å². The number of alkyl halides is 8. The second-order valence-corrected chi connectivity index (χ2v) is 38.3. The number of benzene rings is 4. The number of ketones is 2. The molecule has 9 aliphatic rings. The molecule has 17 rings (SSSR count). The summed E-state index contributed by atoms with van der Waals surface area (Å²) in [6.45, 7) is 21.4. The second kappa shape index (κ2) is 37.9. The summed E-state index contributed by atoms with van der Waals surface area (Å²) in [4.78, 5) is 92.7. The van der Waals surface area contributed by atoms with Gasteiger partial charge in [0.15, 0.2) is 17.3 Å². The number of likely N-dealkylation sites (tertiary alicyclic amines) is 4. The van der Waals surface area contributed by atoms with Crippen molar-refractivity contribution in [3.8, 4) is 11.5 Å². The molecule has 8 aromatic rings. The van der Waals surface area contributed by atoms with Crippen LogP contribution >= 0.6 is 11.6 Å². The van der Waals surface area contributed by atoms with Crippen molar-refractivity contribution >= 4 is 56.8 Å². The lowest BCUT2D eigenvalue weighted by Gasteiger charge is -2.50. The summed E-state index contributed by atoms with van der Waals surface area (Å²) in [5.41, 5.74) is 6.47. The number of Topliss-reactive ketones (excluding diaryl/α,β-unsaturated/α-hetero) is 2. The van der Waals surface area contributed by atoms with Crippen molar-refractivity contribution in [2.24, 2.45) is 0 Å². The lowest BCUT2D eigenvalue weighted by molar-refractivity contribution is -0.292. The van der Waals surface area contributed by atoms with Crippen LogP contribution in [-0.2, 0) is 70.7 Å². The van der Waals surface area contributed by atoms with E-state index in [1.807, 2.05) is 101 Å². The van der Waals surface area contributed by atoms with E-state index in [1.54, 1.807) is 31.1 Å². The molecule has 0 radical (unpaired) electrons. The van der Waals surface area contributed by atoms with Gasteiger partial charge in [-0.3, -0.25) is 48.4 Å². The van der Waals surface area contributed by atoms with Crippen LogP contribution in [0.4, 0.5) is 35.1 Å². The van der Waals surface area contributed by atoms with Crippen molar-refractivity contribution in [3.05, 3.63) is 218 Å². The summed E-state index contributed by atoms with van der Waals surface area (Å²) in [5.74, 6) is -5.16. The van der Waals surface area contributed by atoms with E-state index in [9.17, 15) is 72.3 Å². The monoisotopic (exact) mass is 1830 g/mol. The smallest absolute Gasteiger partial charge is 0.459 e. The Morgan fingerprint density at radius 1 is 0.473 bits per heavy atom. The van der Waals surface area contributed by atoms with Crippen LogP contribution in [0.15, 0.2) is 144 Å². The molecule has 23 nitrogen and oxygen atoms in total. The Bertz CT molecular complexity index is 5520. The van der Waals surface area contributed by atoms with Gasteiger partial charge in [0.05, 0.1) is 57.3 Å². The number of fused-ring (bicyclic) bond motifs is 8. The number of aromatic nitrogens is 4. The number of hydrogen-bond acceptors (Lipinski definition) is 14. The Hall–Kier alpha value is -9.70. The van der Waals surface area contributed by atoms with Crippen molar-refractivity contribution in [1.29, 1.82) is 0 Å². The molecule has 4 saturated heterocycles. The van der Waals surface area contributed by atoms with E-state index in [4.69, 9.17) is 21.1 Å². The number of methoxy groups -OCH3 is 1. The molecule has 33 heteroatoms. The molecule has 1 aliphatic carbocycles. The van der Waals surface area contributed by atoms with Crippen molar-refractivity contribution < 1.29 is 83.2 Å². The number of piperidine rings is 4. The lowest BCUT2D eigenvalue weighted by Crippen LogP contribution is -2.57. The van der Waals surface area contributed by atoms with Crippen LogP contribution in [0.1, 0.15) is 228 Å². The maximum Gasteiger partial charge on any atom is 0.459 e. The summed E-state index contributed by atoms with van der Waals surface area (Å²) >= 11 is 6.41. The second-order valence-electron chi connectivity index (χ2n) is 36.2. The fourth-order valence-electron chi connectivity index (χ4n) is 20.3. The van der Waals surface area contributed by atoms with E-state index in [-0.39, 0.29) is 84.3 Å².